The maximum Gasteiger partial charge on any atom is 0.0242 e. The molecule has 0 amide bonds. The van der Waals surface area contributed by atoms with Crippen molar-refractivity contribution >= 4 is 0 Å². The largest absolute Gasteiger partial charge is 0.312 e. The molecule has 2 aliphatic carbocycles. The Morgan fingerprint density at radius 3 is 2.28 bits per heavy atom. The molecular weight excluding hydrogens is 220 g/mol. The predicted octanol–water partition coefficient (Wildman–Crippen LogP) is 3.13. The van der Waals surface area contributed by atoms with E-state index in [0.29, 0.717) is 6.04 Å². The first-order chi connectivity index (χ1) is 8.65. The average Bonchev–Trinajstić information content (AvgIpc) is 2.96. The van der Waals surface area contributed by atoms with Crippen LogP contribution in [0.1, 0.15) is 52.4 Å². The number of hydrogen-bond acceptors (Lipinski definition) is 2. The summed E-state index contributed by atoms with van der Waals surface area (Å²) in [5.41, 5.74) is 0. The summed E-state index contributed by atoms with van der Waals surface area (Å²) in [4.78, 5) is 2.43. The highest BCUT2D eigenvalue weighted by molar-refractivity contribution is 4.95. The monoisotopic (exact) mass is 252 g/mol. The number of nitrogens with zero attached hydrogens (tertiary/aromatic N) is 1. The van der Waals surface area contributed by atoms with Crippen molar-refractivity contribution in [2.75, 3.05) is 20.6 Å². The molecule has 0 aromatic rings. The van der Waals surface area contributed by atoms with Crippen LogP contribution in [0.3, 0.4) is 0 Å². The normalized spacial score (nSPS) is 32.7. The fourth-order valence-corrected chi connectivity index (χ4v) is 4.37. The lowest BCUT2D eigenvalue weighted by atomic mass is 9.91. The molecule has 2 bridgehead atoms. The lowest BCUT2D eigenvalue weighted by Gasteiger charge is -2.34. The van der Waals surface area contributed by atoms with E-state index in [-0.39, 0.29) is 0 Å². The standard InChI is InChI=1S/C16H32N2/c1-5-13(6-2)16(18(3)4)11-17-15-10-12-7-8-14(15)9-12/h12-17H,5-11H2,1-4H3. The Morgan fingerprint density at radius 1 is 1.11 bits per heavy atom. The van der Waals surface area contributed by atoms with Gasteiger partial charge in [0.1, 0.15) is 0 Å². The lowest BCUT2D eigenvalue weighted by Crippen LogP contribution is -2.47. The summed E-state index contributed by atoms with van der Waals surface area (Å²) in [6.45, 7) is 5.86. The summed E-state index contributed by atoms with van der Waals surface area (Å²) in [7, 11) is 4.48. The minimum atomic E-state index is 0.708. The molecule has 2 aliphatic rings. The zero-order valence-corrected chi connectivity index (χ0v) is 12.8. The summed E-state index contributed by atoms with van der Waals surface area (Å²) >= 11 is 0. The zero-order valence-electron chi connectivity index (χ0n) is 12.8. The van der Waals surface area contributed by atoms with E-state index in [4.69, 9.17) is 0 Å². The van der Waals surface area contributed by atoms with Crippen molar-refractivity contribution < 1.29 is 0 Å². The topological polar surface area (TPSA) is 15.3 Å². The van der Waals surface area contributed by atoms with Crippen LogP contribution in [0, 0.1) is 17.8 Å². The highest BCUT2D eigenvalue weighted by atomic mass is 15.1. The first-order valence-electron chi connectivity index (χ1n) is 8.05. The lowest BCUT2D eigenvalue weighted by molar-refractivity contribution is 0.182. The van der Waals surface area contributed by atoms with Crippen LogP contribution in [0.5, 0.6) is 0 Å². The Morgan fingerprint density at radius 2 is 1.83 bits per heavy atom. The Bertz CT molecular complexity index is 247. The molecule has 0 aromatic carbocycles. The van der Waals surface area contributed by atoms with Crippen LogP contribution < -0.4 is 5.32 Å². The van der Waals surface area contributed by atoms with Crippen molar-refractivity contribution in [3.63, 3.8) is 0 Å². The summed E-state index contributed by atoms with van der Waals surface area (Å²) < 4.78 is 0. The average molecular weight is 252 g/mol. The van der Waals surface area contributed by atoms with Crippen molar-refractivity contribution in [2.24, 2.45) is 17.8 Å². The fourth-order valence-electron chi connectivity index (χ4n) is 4.37. The van der Waals surface area contributed by atoms with Gasteiger partial charge < -0.3 is 10.2 Å². The van der Waals surface area contributed by atoms with Gasteiger partial charge in [0.25, 0.3) is 0 Å². The number of hydrogen-bond donors (Lipinski definition) is 1. The van der Waals surface area contributed by atoms with E-state index < -0.39 is 0 Å². The van der Waals surface area contributed by atoms with E-state index in [1.165, 1.54) is 45.1 Å². The maximum atomic E-state index is 3.90. The van der Waals surface area contributed by atoms with Crippen molar-refractivity contribution in [2.45, 2.75) is 64.5 Å². The molecule has 0 saturated heterocycles. The Balaban J connectivity index is 1.82. The number of likely N-dealkylation sites (N-methyl/N-ethyl adjacent to an activating group) is 1. The minimum absolute atomic E-state index is 0.708. The van der Waals surface area contributed by atoms with E-state index >= 15 is 0 Å². The summed E-state index contributed by atoms with van der Waals surface area (Å²) in [6, 6.07) is 1.54. The van der Waals surface area contributed by atoms with E-state index in [1.807, 2.05) is 0 Å². The molecular formula is C16H32N2. The Labute approximate surface area is 114 Å². The first-order valence-corrected chi connectivity index (χ1v) is 8.05. The third kappa shape index (κ3) is 3.08. The van der Waals surface area contributed by atoms with Crippen LogP contribution >= 0.6 is 0 Å². The van der Waals surface area contributed by atoms with Crippen LogP contribution in [0.15, 0.2) is 0 Å². The summed E-state index contributed by atoms with van der Waals surface area (Å²) in [5.74, 6) is 2.89. The van der Waals surface area contributed by atoms with E-state index in [0.717, 1.165) is 23.8 Å². The second-order valence-electron chi connectivity index (χ2n) is 6.80. The molecule has 0 radical (unpaired) electrons. The zero-order chi connectivity index (χ0) is 13.1. The Kier molecular flexibility index (Phi) is 5.08. The number of nitrogens with one attached hydrogen (secondary N) is 1. The molecule has 2 saturated carbocycles. The highest BCUT2D eigenvalue weighted by Crippen LogP contribution is 2.44. The van der Waals surface area contributed by atoms with Crippen LogP contribution in [0.25, 0.3) is 0 Å². The first kappa shape index (κ1) is 14.3. The molecule has 106 valence electrons. The molecule has 0 aliphatic heterocycles. The Hall–Kier alpha value is -0.0800. The highest BCUT2D eigenvalue weighted by Gasteiger charge is 2.39. The number of rotatable bonds is 7. The molecule has 2 rings (SSSR count). The minimum Gasteiger partial charge on any atom is -0.312 e. The van der Waals surface area contributed by atoms with E-state index in [1.54, 1.807) is 0 Å². The molecule has 1 N–H and O–H groups in total. The van der Waals surface area contributed by atoms with Crippen molar-refractivity contribution in [3.05, 3.63) is 0 Å². The molecule has 0 spiro atoms. The van der Waals surface area contributed by atoms with Gasteiger partial charge in [0.2, 0.25) is 0 Å². The van der Waals surface area contributed by atoms with Gasteiger partial charge in [-0.05, 0) is 51.1 Å². The van der Waals surface area contributed by atoms with Crippen LogP contribution in [-0.2, 0) is 0 Å². The van der Waals surface area contributed by atoms with Crippen LogP contribution in [0.2, 0.25) is 0 Å². The van der Waals surface area contributed by atoms with Crippen molar-refractivity contribution in [3.8, 4) is 0 Å². The van der Waals surface area contributed by atoms with Crippen molar-refractivity contribution in [1.82, 2.24) is 10.2 Å². The van der Waals surface area contributed by atoms with E-state index in [2.05, 4.69) is 38.2 Å². The van der Waals surface area contributed by atoms with Crippen LogP contribution in [-0.4, -0.2) is 37.6 Å². The van der Waals surface area contributed by atoms with E-state index in [9.17, 15) is 0 Å². The van der Waals surface area contributed by atoms with Crippen LogP contribution in [0.4, 0.5) is 0 Å². The third-order valence-corrected chi connectivity index (χ3v) is 5.58. The van der Waals surface area contributed by atoms with Gasteiger partial charge in [0.15, 0.2) is 0 Å². The van der Waals surface area contributed by atoms with Gasteiger partial charge in [-0.3, -0.25) is 0 Å². The summed E-state index contributed by atoms with van der Waals surface area (Å²) in [5, 5.41) is 3.90. The van der Waals surface area contributed by atoms with Gasteiger partial charge in [-0.25, -0.2) is 0 Å². The molecule has 2 fully saturated rings. The number of fused-ring (bicyclic) bond motifs is 2. The van der Waals surface area contributed by atoms with Gasteiger partial charge in [-0.15, -0.1) is 0 Å². The molecule has 0 heterocycles. The predicted molar refractivity (Wildman–Crippen MR) is 78.8 cm³/mol. The van der Waals surface area contributed by atoms with Gasteiger partial charge in [0.05, 0.1) is 0 Å². The third-order valence-electron chi connectivity index (χ3n) is 5.58. The van der Waals surface area contributed by atoms with Gasteiger partial charge in [-0.1, -0.05) is 33.1 Å². The van der Waals surface area contributed by atoms with Crippen molar-refractivity contribution in [1.29, 1.82) is 0 Å². The SMILES string of the molecule is CCC(CC)C(CNC1CC2CCC1C2)N(C)C. The van der Waals surface area contributed by atoms with Gasteiger partial charge in [0, 0.05) is 18.6 Å². The fraction of sp³-hybridized carbons (Fsp3) is 1.00. The quantitative estimate of drug-likeness (QED) is 0.749. The molecule has 2 heteroatoms. The molecule has 4 atom stereocenters. The molecule has 18 heavy (non-hydrogen) atoms. The molecule has 4 unspecified atom stereocenters. The molecule has 0 aromatic heterocycles. The molecule has 2 nitrogen and oxygen atoms in total. The van der Waals surface area contributed by atoms with Gasteiger partial charge >= 0.3 is 0 Å². The second-order valence-corrected chi connectivity index (χ2v) is 6.80. The smallest absolute Gasteiger partial charge is 0.0242 e. The van der Waals surface area contributed by atoms with Gasteiger partial charge in [-0.2, -0.15) is 0 Å². The second kappa shape index (κ2) is 6.38. The maximum absolute atomic E-state index is 3.90. The summed E-state index contributed by atoms with van der Waals surface area (Å²) in [6.07, 6.45) is 8.56.